The minimum atomic E-state index is -1.08. The number of aliphatic hydroxyl groups is 1. The Balaban J connectivity index is 1.98. The normalized spacial score (nSPS) is 20.2. The van der Waals surface area contributed by atoms with Crippen molar-refractivity contribution in [1.29, 1.82) is 0 Å². The molecule has 1 aliphatic rings. The molecule has 0 fully saturated rings. The molecule has 0 aliphatic carbocycles. The molecule has 2 aromatic carbocycles. The van der Waals surface area contributed by atoms with Gasteiger partial charge >= 0.3 is 5.97 Å². The molecule has 1 heterocycles. The van der Waals surface area contributed by atoms with E-state index >= 15 is 0 Å². The molecule has 2 aromatic rings. The van der Waals surface area contributed by atoms with Gasteiger partial charge < -0.3 is 19.9 Å². The lowest BCUT2D eigenvalue weighted by Gasteiger charge is -2.42. The van der Waals surface area contributed by atoms with Crippen LogP contribution in [0, 0.1) is 5.82 Å². The van der Waals surface area contributed by atoms with Crippen molar-refractivity contribution in [3.63, 3.8) is 0 Å². The highest BCUT2D eigenvalue weighted by Gasteiger charge is 2.44. The summed E-state index contributed by atoms with van der Waals surface area (Å²) in [4.78, 5) is 24.4. The number of amides is 1. The smallest absolute Gasteiger partial charge is 0.337 e. The molecule has 1 amide bonds. The van der Waals surface area contributed by atoms with Crippen LogP contribution in [0.25, 0.3) is 0 Å². The maximum atomic E-state index is 13.1. The summed E-state index contributed by atoms with van der Waals surface area (Å²) in [5, 5.41) is 13.5. The number of methoxy groups -OCH3 is 1. The number of hydrogen-bond acceptors (Lipinski definition) is 5. The molecule has 0 unspecified atom stereocenters. The van der Waals surface area contributed by atoms with Crippen LogP contribution in [0.4, 0.5) is 4.39 Å². The van der Waals surface area contributed by atoms with Crippen molar-refractivity contribution in [2.45, 2.75) is 31.6 Å². The molecule has 1 aliphatic heterocycles. The molecule has 2 N–H and O–H groups in total. The van der Waals surface area contributed by atoms with Crippen LogP contribution in [0.1, 0.15) is 46.2 Å². The zero-order chi connectivity index (χ0) is 19.8. The predicted octanol–water partition coefficient (Wildman–Crippen LogP) is 2.62. The molecule has 0 saturated heterocycles. The minimum absolute atomic E-state index is 0.249. The van der Waals surface area contributed by atoms with Crippen LogP contribution in [-0.2, 0) is 4.74 Å². The van der Waals surface area contributed by atoms with Crippen molar-refractivity contribution < 1.29 is 28.6 Å². The number of aliphatic hydroxyl groups excluding tert-OH is 1. The molecule has 6 nitrogen and oxygen atoms in total. The molecular weight excluding hydrogens is 353 g/mol. The summed E-state index contributed by atoms with van der Waals surface area (Å²) in [7, 11) is 1.27. The minimum Gasteiger partial charge on any atom is -0.485 e. The summed E-state index contributed by atoms with van der Waals surface area (Å²) in [6.45, 7) is 3.40. The lowest BCUT2D eigenvalue weighted by molar-refractivity contribution is -0.0627. The highest BCUT2D eigenvalue weighted by molar-refractivity contribution is 5.94. The second-order valence-electron chi connectivity index (χ2n) is 6.85. The molecule has 0 spiro atoms. The maximum absolute atomic E-state index is 13.1. The van der Waals surface area contributed by atoms with Gasteiger partial charge in [0.2, 0.25) is 0 Å². The van der Waals surface area contributed by atoms with E-state index in [1.165, 1.54) is 37.4 Å². The molecule has 142 valence electrons. The van der Waals surface area contributed by atoms with Gasteiger partial charge in [-0.3, -0.25) is 4.79 Å². The lowest BCUT2D eigenvalue weighted by Crippen LogP contribution is -2.53. The van der Waals surface area contributed by atoms with Crippen LogP contribution < -0.4 is 10.1 Å². The van der Waals surface area contributed by atoms with Gasteiger partial charge in [-0.25, -0.2) is 9.18 Å². The second-order valence-corrected chi connectivity index (χ2v) is 6.85. The number of rotatable bonds is 3. The average Bonchev–Trinajstić information content (AvgIpc) is 2.64. The van der Waals surface area contributed by atoms with Gasteiger partial charge in [-0.1, -0.05) is 0 Å². The van der Waals surface area contributed by atoms with Crippen LogP contribution >= 0.6 is 0 Å². The number of carbonyl (C=O) groups is 2. The van der Waals surface area contributed by atoms with E-state index in [9.17, 15) is 19.1 Å². The first-order chi connectivity index (χ1) is 12.7. The maximum Gasteiger partial charge on any atom is 0.337 e. The summed E-state index contributed by atoms with van der Waals surface area (Å²) in [6.07, 6.45) is -1.08. The third-order valence-corrected chi connectivity index (χ3v) is 4.56. The molecule has 0 aromatic heterocycles. The molecule has 27 heavy (non-hydrogen) atoms. The largest absolute Gasteiger partial charge is 0.485 e. The molecule has 2 atom stereocenters. The van der Waals surface area contributed by atoms with Crippen molar-refractivity contribution >= 4 is 11.9 Å². The fourth-order valence-electron chi connectivity index (χ4n) is 3.03. The standard InChI is InChI=1S/C20H20FNO5/c1-20(2)17(23)16(22-18(24)11-4-7-13(21)8-5-11)14-10-12(19(25)26-3)6-9-15(14)27-20/h4-10,16-17,23H,1-3H3,(H,22,24)/t16-,17+/m0/s1. The monoisotopic (exact) mass is 373 g/mol. The Morgan fingerprint density at radius 2 is 1.78 bits per heavy atom. The highest BCUT2D eigenvalue weighted by Crippen LogP contribution is 2.40. The first-order valence-electron chi connectivity index (χ1n) is 8.38. The average molecular weight is 373 g/mol. The van der Waals surface area contributed by atoms with Crippen molar-refractivity contribution in [2.75, 3.05) is 7.11 Å². The Bertz CT molecular complexity index is 878. The van der Waals surface area contributed by atoms with Gasteiger partial charge in [-0.05, 0) is 56.3 Å². The van der Waals surface area contributed by atoms with Crippen molar-refractivity contribution in [2.24, 2.45) is 0 Å². The fourth-order valence-corrected chi connectivity index (χ4v) is 3.03. The van der Waals surface area contributed by atoms with E-state index in [1.54, 1.807) is 26.0 Å². The molecule has 0 saturated carbocycles. The number of fused-ring (bicyclic) bond motifs is 1. The van der Waals surface area contributed by atoms with Crippen molar-refractivity contribution in [3.05, 3.63) is 65.0 Å². The van der Waals surface area contributed by atoms with Gasteiger partial charge in [-0.2, -0.15) is 0 Å². The van der Waals surface area contributed by atoms with Gasteiger partial charge in [0, 0.05) is 11.1 Å². The Morgan fingerprint density at radius 3 is 2.41 bits per heavy atom. The summed E-state index contributed by atoms with van der Waals surface area (Å²) in [6, 6.07) is 8.93. The van der Waals surface area contributed by atoms with Crippen LogP contribution in [-0.4, -0.2) is 35.8 Å². The van der Waals surface area contributed by atoms with Crippen LogP contribution in [0.2, 0.25) is 0 Å². The van der Waals surface area contributed by atoms with E-state index in [-0.39, 0.29) is 11.1 Å². The fraction of sp³-hybridized carbons (Fsp3) is 0.300. The summed E-state index contributed by atoms with van der Waals surface area (Å²) in [5.41, 5.74) is 0.00658. The summed E-state index contributed by atoms with van der Waals surface area (Å²) in [5.74, 6) is -1.03. The van der Waals surface area contributed by atoms with Crippen molar-refractivity contribution in [3.8, 4) is 5.75 Å². The molecule has 0 bridgehead atoms. The van der Waals surface area contributed by atoms with E-state index in [1.807, 2.05) is 0 Å². The van der Waals surface area contributed by atoms with E-state index < -0.39 is 35.4 Å². The van der Waals surface area contributed by atoms with Crippen LogP contribution in [0.5, 0.6) is 5.75 Å². The SMILES string of the molecule is COC(=O)c1ccc2c(c1)[C@H](NC(=O)c1ccc(F)cc1)[C@@H](O)C(C)(C)O2. The molecule has 3 rings (SSSR count). The van der Waals surface area contributed by atoms with Gasteiger partial charge in [0.05, 0.1) is 18.7 Å². The Hall–Kier alpha value is -2.93. The number of nitrogens with one attached hydrogen (secondary N) is 1. The number of halogens is 1. The Labute approximate surface area is 155 Å². The molecule has 0 radical (unpaired) electrons. The first kappa shape index (κ1) is 18.8. The number of ether oxygens (including phenoxy) is 2. The summed E-state index contributed by atoms with van der Waals surface area (Å²) < 4.78 is 23.6. The zero-order valence-corrected chi connectivity index (χ0v) is 15.2. The second kappa shape index (κ2) is 7.00. The Morgan fingerprint density at radius 1 is 1.15 bits per heavy atom. The third-order valence-electron chi connectivity index (χ3n) is 4.56. The third kappa shape index (κ3) is 3.64. The van der Waals surface area contributed by atoms with Gasteiger partial charge in [0.1, 0.15) is 23.3 Å². The zero-order valence-electron chi connectivity index (χ0n) is 15.2. The number of carbonyl (C=O) groups excluding carboxylic acids is 2. The van der Waals surface area contributed by atoms with E-state index in [0.29, 0.717) is 11.3 Å². The van der Waals surface area contributed by atoms with Crippen LogP contribution in [0.3, 0.4) is 0 Å². The topological polar surface area (TPSA) is 84.9 Å². The van der Waals surface area contributed by atoms with Crippen molar-refractivity contribution in [1.82, 2.24) is 5.32 Å². The van der Waals surface area contributed by atoms with E-state index in [4.69, 9.17) is 9.47 Å². The molecule has 7 heteroatoms. The van der Waals surface area contributed by atoms with E-state index in [2.05, 4.69) is 5.32 Å². The van der Waals surface area contributed by atoms with Gasteiger partial charge in [0.15, 0.2) is 0 Å². The summed E-state index contributed by atoms with van der Waals surface area (Å²) >= 11 is 0. The van der Waals surface area contributed by atoms with Gasteiger partial charge in [0.25, 0.3) is 5.91 Å². The quantitative estimate of drug-likeness (QED) is 0.808. The van der Waals surface area contributed by atoms with E-state index in [0.717, 1.165) is 0 Å². The number of esters is 1. The Kier molecular flexibility index (Phi) is 4.89. The van der Waals surface area contributed by atoms with Gasteiger partial charge in [-0.15, -0.1) is 0 Å². The molecular formula is C20H20FNO5. The number of benzene rings is 2. The number of hydrogen-bond donors (Lipinski definition) is 2. The predicted molar refractivity (Wildman–Crippen MR) is 95.1 cm³/mol. The van der Waals surface area contributed by atoms with Crippen LogP contribution in [0.15, 0.2) is 42.5 Å². The first-order valence-corrected chi connectivity index (χ1v) is 8.38. The lowest BCUT2D eigenvalue weighted by atomic mass is 9.85. The highest BCUT2D eigenvalue weighted by atomic mass is 19.1.